The summed E-state index contributed by atoms with van der Waals surface area (Å²) >= 11 is 0. The van der Waals surface area contributed by atoms with Crippen molar-refractivity contribution in [3.8, 4) is 0 Å². The molecule has 1 unspecified atom stereocenters. The van der Waals surface area contributed by atoms with Crippen LogP contribution in [0.25, 0.3) is 0 Å². The van der Waals surface area contributed by atoms with Crippen LogP contribution in [0.15, 0.2) is 79.0 Å². The third-order valence-electron chi connectivity index (χ3n) is 4.72. The summed E-state index contributed by atoms with van der Waals surface area (Å²) in [5.74, 6) is -0.609. The second-order valence-corrected chi connectivity index (χ2v) is 6.89. The average Bonchev–Trinajstić information content (AvgIpc) is 2.82. The molecule has 0 aliphatic carbocycles. The molecule has 0 fully saturated rings. The molecule has 3 amide bonds. The van der Waals surface area contributed by atoms with E-state index < -0.39 is 18.2 Å². The molecule has 8 nitrogen and oxygen atoms in total. The van der Waals surface area contributed by atoms with Gasteiger partial charge in [-0.1, -0.05) is 48.5 Å². The van der Waals surface area contributed by atoms with Gasteiger partial charge in [-0.2, -0.15) is 0 Å². The van der Waals surface area contributed by atoms with Gasteiger partial charge in [-0.3, -0.25) is 15.0 Å². The average molecular weight is 420 g/mol. The molecule has 1 aromatic heterocycles. The lowest BCUT2D eigenvalue weighted by Crippen LogP contribution is -2.42. The summed E-state index contributed by atoms with van der Waals surface area (Å²) in [5, 5.41) is 21.7. The summed E-state index contributed by atoms with van der Waals surface area (Å²) in [6, 6.07) is 20.6. The smallest absolute Gasteiger partial charge is 0.319 e. The Bertz CT molecular complexity index is 981. The van der Waals surface area contributed by atoms with Crippen molar-refractivity contribution in [2.75, 3.05) is 6.54 Å². The van der Waals surface area contributed by atoms with Crippen molar-refractivity contribution < 1.29 is 19.9 Å². The number of hydrogen-bond acceptors (Lipinski definition) is 5. The first-order valence-corrected chi connectivity index (χ1v) is 9.78. The van der Waals surface area contributed by atoms with Crippen LogP contribution < -0.4 is 10.8 Å². The minimum absolute atomic E-state index is 0.265. The monoisotopic (exact) mass is 420 g/mol. The van der Waals surface area contributed by atoms with Gasteiger partial charge >= 0.3 is 6.03 Å². The highest BCUT2D eigenvalue weighted by atomic mass is 16.5. The molecule has 3 aromatic rings. The molecule has 160 valence electrons. The van der Waals surface area contributed by atoms with E-state index in [1.54, 1.807) is 65.1 Å². The number of nitrogens with one attached hydrogen (secondary N) is 2. The molecule has 2 aromatic carbocycles. The van der Waals surface area contributed by atoms with E-state index in [1.807, 2.05) is 24.3 Å². The molecular formula is C23H24N4O4. The van der Waals surface area contributed by atoms with Crippen LogP contribution in [0.5, 0.6) is 0 Å². The van der Waals surface area contributed by atoms with Gasteiger partial charge in [0, 0.05) is 42.5 Å². The Labute approximate surface area is 180 Å². The zero-order chi connectivity index (χ0) is 22.1. The maximum absolute atomic E-state index is 12.9. The lowest BCUT2D eigenvalue weighted by atomic mass is 10.1. The number of carbonyl (C=O) groups excluding carboxylic acids is 2. The summed E-state index contributed by atoms with van der Waals surface area (Å²) in [7, 11) is 0. The fourth-order valence-electron chi connectivity index (χ4n) is 3.02. The lowest BCUT2D eigenvalue weighted by Gasteiger charge is -2.25. The van der Waals surface area contributed by atoms with Crippen molar-refractivity contribution in [3.05, 3.63) is 101 Å². The summed E-state index contributed by atoms with van der Waals surface area (Å²) in [6.07, 6.45) is 1.10. The van der Waals surface area contributed by atoms with Crippen molar-refractivity contribution in [1.29, 1.82) is 0 Å². The normalized spacial score (nSPS) is 11.4. The van der Waals surface area contributed by atoms with Gasteiger partial charge in [0.1, 0.15) is 0 Å². The molecule has 1 heterocycles. The predicted octanol–water partition coefficient (Wildman–Crippen LogP) is 2.65. The number of hydroxylamine groups is 1. The lowest BCUT2D eigenvalue weighted by molar-refractivity contribution is 0.0706. The van der Waals surface area contributed by atoms with Gasteiger partial charge in [-0.05, 0) is 29.8 Å². The number of rotatable bonds is 8. The fourth-order valence-corrected chi connectivity index (χ4v) is 3.02. The summed E-state index contributed by atoms with van der Waals surface area (Å²) in [4.78, 5) is 30.3. The molecule has 8 heteroatoms. The largest absolute Gasteiger partial charge is 0.369 e. The van der Waals surface area contributed by atoms with Crippen molar-refractivity contribution in [2.24, 2.45) is 0 Å². The first kappa shape index (κ1) is 21.9. The summed E-state index contributed by atoms with van der Waals surface area (Å²) in [5.41, 5.74) is 4.11. The Morgan fingerprint density at radius 2 is 1.68 bits per heavy atom. The second kappa shape index (κ2) is 10.9. The van der Waals surface area contributed by atoms with E-state index in [1.165, 1.54) is 0 Å². The number of hydrogen-bond donors (Lipinski definition) is 4. The van der Waals surface area contributed by atoms with Gasteiger partial charge in [0.05, 0.1) is 0 Å². The van der Waals surface area contributed by atoms with Crippen LogP contribution >= 0.6 is 0 Å². The first-order valence-electron chi connectivity index (χ1n) is 9.78. The van der Waals surface area contributed by atoms with Gasteiger partial charge in [-0.25, -0.2) is 10.3 Å². The van der Waals surface area contributed by atoms with Crippen LogP contribution in [0, 0.1) is 0 Å². The van der Waals surface area contributed by atoms with E-state index in [0.717, 1.165) is 11.3 Å². The molecule has 1 atom stereocenters. The molecule has 4 N–H and O–H groups in total. The van der Waals surface area contributed by atoms with Crippen LogP contribution in [0.2, 0.25) is 0 Å². The van der Waals surface area contributed by atoms with Crippen LogP contribution in [0.3, 0.4) is 0 Å². The maximum atomic E-state index is 12.9. The summed E-state index contributed by atoms with van der Waals surface area (Å²) < 4.78 is 0. The van der Waals surface area contributed by atoms with Gasteiger partial charge < -0.3 is 15.3 Å². The standard InChI is InChI=1S/C23H24N4O4/c28-21(18-6-2-1-3-7-18)25-23(30)27(15-13-20-8-4-5-14-24-20)16-17-9-11-19(12-10-17)22(29)26-31/h1-12,14,21,28,31H,13,15-16H2,(H,25,30)(H,26,29). The number of aliphatic hydroxyl groups excluding tert-OH is 1. The number of nitrogens with zero attached hydrogens (tertiary/aromatic N) is 2. The Morgan fingerprint density at radius 3 is 2.32 bits per heavy atom. The van der Waals surface area contributed by atoms with E-state index in [0.29, 0.717) is 24.1 Å². The minimum atomic E-state index is -1.14. The number of amides is 3. The predicted molar refractivity (Wildman–Crippen MR) is 114 cm³/mol. The van der Waals surface area contributed by atoms with Crippen molar-refractivity contribution >= 4 is 11.9 Å². The number of aromatic nitrogens is 1. The zero-order valence-corrected chi connectivity index (χ0v) is 16.8. The molecule has 0 spiro atoms. The van der Waals surface area contributed by atoms with Crippen molar-refractivity contribution in [2.45, 2.75) is 19.2 Å². The molecule has 0 aliphatic heterocycles. The molecule has 0 radical (unpaired) electrons. The molecule has 3 rings (SSSR count). The third kappa shape index (κ3) is 6.36. The maximum Gasteiger partial charge on any atom is 0.319 e. The topological polar surface area (TPSA) is 115 Å². The number of carbonyl (C=O) groups is 2. The zero-order valence-electron chi connectivity index (χ0n) is 16.8. The molecular weight excluding hydrogens is 396 g/mol. The quantitative estimate of drug-likeness (QED) is 0.254. The van der Waals surface area contributed by atoms with E-state index in [4.69, 9.17) is 5.21 Å². The van der Waals surface area contributed by atoms with Gasteiger partial charge in [-0.15, -0.1) is 0 Å². The van der Waals surface area contributed by atoms with E-state index in [2.05, 4.69) is 10.3 Å². The molecule has 0 bridgehead atoms. The van der Waals surface area contributed by atoms with Crippen LogP contribution in [0.4, 0.5) is 4.79 Å². The molecule has 0 aliphatic rings. The van der Waals surface area contributed by atoms with Crippen LogP contribution in [-0.2, 0) is 13.0 Å². The second-order valence-electron chi connectivity index (χ2n) is 6.89. The van der Waals surface area contributed by atoms with Crippen LogP contribution in [-0.4, -0.2) is 38.7 Å². The molecule has 0 saturated carbocycles. The van der Waals surface area contributed by atoms with E-state index >= 15 is 0 Å². The number of urea groups is 1. The van der Waals surface area contributed by atoms with Gasteiger partial charge in [0.2, 0.25) is 0 Å². The van der Waals surface area contributed by atoms with Gasteiger partial charge in [0.25, 0.3) is 5.91 Å². The van der Waals surface area contributed by atoms with E-state index in [-0.39, 0.29) is 6.54 Å². The van der Waals surface area contributed by atoms with Crippen molar-refractivity contribution in [3.63, 3.8) is 0 Å². The van der Waals surface area contributed by atoms with Crippen LogP contribution in [0.1, 0.15) is 33.4 Å². The highest BCUT2D eigenvalue weighted by molar-refractivity contribution is 5.93. The Morgan fingerprint density at radius 1 is 0.968 bits per heavy atom. The Balaban J connectivity index is 1.71. The van der Waals surface area contributed by atoms with E-state index in [9.17, 15) is 14.7 Å². The SMILES string of the molecule is O=C(NO)c1ccc(CN(CCc2ccccn2)C(=O)NC(O)c2ccccc2)cc1. The van der Waals surface area contributed by atoms with Crippen molar-refractivity contribution in [1.82, 2.24) is 20.7 Å². The molecule has 0 saturated heterocycles. The first-order chi connectivity index (χ1) is 15.1. The highest BCUT2D eigenvalue weighted by Crippen LogP contribution is 2.13. The fraction of sp³-hybridized carbons (Fsp3) is 0.174. The Hall–Kier alpha value is -3.75. The third-order valence-corrected chi connectivity index (χ3v) is 4.72. The van der Waals surface area contributed by atoms with Gasteiger partial charge in [0.15, 0.2) is 6.23 Å². The number of benzene rings is 2. The Kier molecular flexibility index (Phi) is 7.69. The summed E-state index contributed by atoms with van der Waals surface area (Å²) in [6.45, 7) is 0.643. The minimum Gasteiger partial charge on any atom is -0.369 e. The molecule has 31 heavy (non-hydrogen) atoms. The number of aliphatic hydroxyl groups is 1. The number of pyridine rings is 1. The highest BCUT2D eigenvalue weighted by Gasteiger charge is 2.18.